The van der Waals surface area contributed by atoms with Gasteiger partial charge in [0, 0.05) is 12.4 Å². The smallest absolute Gasteiger partial charge is 0.444 e. The van der Waals surface area contributed by atoms with Crippen LogP contribution in [-0.2, 0) is 0 Å². The van der Waals surface area contributed by atoms with Crippen LogP contribution in [0, 0.1) is 0 Å². The van der Waals surface area contributed by atoms with E-state index in [-0.39, 0.29) is 51.4 Å². The molecular formula is C7H5BF3KN2. The van der Waals surface area contributed by atoms with Crippen molar-refractivity contribution in [1.29, 1.82) is 0 Å². The zero-order valence-corrected chi connectivity index (χ0v) is 10.6. The van der Waals surface area contributed by atoms with Gasteiger partial charge in [0.05, 0.1) is 0 Å². The number of halogens is 3. The fourth-order valence-corrected chi connectivity index (χ4v) is 1.24. The predicted molar refractivity (Wildman–Crippen MR) is 43.9 cm³/mol. The van der Waals surface area contributed by atoms with Gasteiger partial charge in [-0.3, -0.25) is 0 Å². The molecule has 0 saturated heterocycles. The molecule has 0 bridgehead atoms. The zero-order chi connectivity index (χ0) is 9.47. The second kappa shape index (κ2) is 4.36. The Morgan fingerprint density at radius 3 is 2.57 bits per heavy atom. The fourth-order valence-electron chi connectivity index (χ4n) is 1.24. The van der Waals surface area contributed by atoms with E-state index in [1.54, 1.807) is 0 Å². The third-order valence-corrected chi connectivity index (χ3v) is 1.80. The largest absolute Gasteiger partial charge is 1.00 e. The summed E-state index contributed by atoms with van der Waals surface area (Å²) < 4.78 is 38.3. The maximum absolute atomic E-state index is 12.4. The predicted octanol–water partition coefficient (Wildman–Crippen LogP) is -1.61. The summed E-state index contributed by atoms with van der Waals surface area (Å²) in [4.78, 5) is 3.77. The van der Waals surface area contributed by atoms with E-state index >= 15 is 0 Å². The Balaban J connectivity index is 0.000000980. The minimum atomic E-state index is -4.97. The molecule has 0 aromatic carbocycles. The number of nitrogens with zero attached hydrogens (tertiary/aromatic N) is 2. The van der Waals surface area contributed by atoms with Gasteiger partial charge in [-0.2, -0.15) is 0 Å². The molecule has 0 N–H and O–H groups in total. The van der Waals surface area contributed by atoms with Crippen molar-refractivity contribution in [3.63, 3.8) is 0 Å². The molecule has 2 aromatic heterocycles. The van der Waals surface area contributed by atoms with Crippen molar-refractivity contribution in [2.75, 3.05) is 0 Å². The van der Waals surface area contributed by atoms with E-state index in [2.05, 4.69) is 4.98 Å². The van der Waals surface area contributed by atoms with Crippen LogP contribution in [0.2, 0.25) is 0 Å². The van der Waals surface area contributed by atoms with Crippen molar-refractivity contribution in [1.82, 2.24) is 9.38 Å². The number of hydrogen-bond acceptors (Lipinski definition) is 1. The quantitative estimate of drug-likeness (QED) is 0.533. The normalized spacial score (nSPS) is 11.4. The van der Waals surface area contributed by atoms with Crippen LogP contribution in [0.5, 0.6) is 0 Å². The molecule has 2 heterocycles. The minimum absolute atomic E-state index is 0. The number of imidazole rings is 1. The van der Waals surface area contributed by atoms with Gasteiger partial charge in [-0.25, -0.2) is 4.98 Å². The van der Waals surface area contributed by atoms with E-state index in [0.29, 0.717) is 5.65 Å². The van der Waals surface area contributed by atoms with Gasteiger partial charge >= 0.3 is 58.4 Å². The molecule has 2 aromatic rings. The first-order valence-corrected chi connectivity index (χ1v) is 3.71. The molecule has 14 heavy (non-hydrogen) atoms. The number of fused-ring (bicyclic) bond motifs is 1. The molecule has 2 rings (SSSR count). The van der Waals surface area contributed by atoms with E-state index in [4.69, 9.17) is 0 Å². The Morgan fingerprint density at radius 2 is 1.93 bits per heavy atom. The molecule has 0 aliphatic heterocycles. The summed E-state index contributed by atoms with van der Waals surface area (Å²) >= 11 is 0. The molecule has 7 heteroatoms. The van der Waals surface area contributed by atoms with Crippen LogP contribution in [0.25, 0.3) is 5.65 Å². The second-order valence-corrected chi connectivity index (χ2v) is 2.68. The number of rotatable bonds is 1. The standard InChI is InChI=1S/C7H5BF3N2.K/c9-8(10,11)6-2-1-3-7-12-4-5-13(6)7;/h1-5H;/q-1;+1. The van der Waals surface area contributed by atoms with Gasteiger partial charge < -0.3 is 17.3 Å². The first-order chi connectivity index (χ1) is 6.09. The van der Waals surface area contributed by atoms with Gasteiger partial charge in [0.2, 0.25) is 0 Å². The van der Waals surface area contributed by atoms with Gasteiger partial charge in [0.25, 0.3) is 0 Å². The van der Waals surface area contributed by atoms with Crippen molar-refractivity contribution in [3.8, 4) is 0 Å². The van der Waals surface area contributed by atoms with Crippen LogP contribution < -0.4 is 57.0 Å². The van der Waals surface area contributed by atoms with Crippen molar-refractivity contribution in [2.45, 2.75) is 0 Å². The summed E-state index contributed by atoms with van der Waals surface area (Å²) in [6.45, 7) is -4.97. The van der Waals surface area contributed by atoms with Crippen LogP contribution in [0.1, 0.15) is 0 Å². The Bertz CT molecular complexity index is 440. The maximum atomic E-state index is 12.4. The van der Waals surface area contributed by atoms with Crippen molar-refractivity contribution in [3.05, 3.63) is 30.6 Å². The molecule has 0 amide bonds. The van der Waals surface area contributed by atoms with E-state index in [1.807, 2.05) is 0 Å². The van der Waals surface area contributed by atoms with Gasteiger partial charge in [-0.1, -0.05) is 12.1 Å². The molecule has 0 atom stereocenters. The minimum Gasteiger partial charge on any atom is -0.444 e. The maximum Gasteiger partial charge on any atom is 1.00 e. The Labute approximate surface area is 121 Å². The SMILES string of the molecule is F[B-](F)(F)c1cccc2nccn12.[K+]. The molecule has 0 aliphatic rings. The number of hydrogen-bond donors (Lipinski definition) is 0. The summed E-state index contributed by atoms with van der Waals surface area (Å²) in [5.74, 6) is 0. The molecule has 0 fully saturated rings. The Hall–Kier alpha value is 0.181. The molecule has 0 radical (unpaired) electrons. The van der Waals surface area contributed by atoms with Crippen LogP contribution in [0.4, 0.5) is 12.9 Å². The Morgan fingerprint density at radius 1 is 1.21 bits per heavy atom. The Kier molecular flexibility index (Phi) is 3.82. The average molecular weight is 224 g/mol. The van der Waals surface area contributed by atoms with E-state index in [9.17, 15) is 12.9 Å². The van der Waals surface area contributed by atoms with Gasteiger partial charge in [-0.05, 0) is 11.7 Å². The first-order valence-electron chi connectivity index (χ1n) is 3.71. The molecule has 0 spiro atoms. The molecule has 0 aliphatic carbocycles. The van der Waals surface area contributed by atoms with Crippen molar-refractivity contribution >= 4 is 18.2 Å². The summed E-state index contributed by atoms with van der Waals surface area (Å²) in [5, 5.41) is 0. The fraction of sp³-hybridized carbons (Fsp3) is 0. The van der Waals surface area contributed by atoms with Crippen molar-refractivity contribution < 1.29 is 64.3 Å². The first kappa shape index (κ1) is 12.3. The zero-order valence-electron chi connectivity index (χ0n) is 7.49. The summed E-state index contributed by atoms with van der Waals surface area (Å²) in [6, 6.07) is 3.94. The molecule has 2 nitrogen and oxygen atoms in total. The number of aromatic nitrogens is 2. The van der Waals surface area contributed by atoms with Crippen molar-refractivity contribution in [2.24, 2.45) is 0 Å². The van der Waals surface area contributed by atoms with E-state index in [0.717, 1.165) is 10.5 Å². The third kappa shape index (κ3) is 2.22. The van der Waals surface area contributed by atoms with E-state index in [1.165, 1.54) is 24.5 Å². The molecule has 0 saturated carbocycles. The molecule has 0 unspecified atom stereocenters. The van der Waals surface area contributed by atoms with Gasteiger partial charge in [0.1, 0.15) is 5.65 Å². The monoisotopic (exact) mass is 224 g/mol. The molecular weight excluding hydrogens is 219 g/mol. The second-order valence-electron chi connectivity index (χ2n) is 2.68. The van der Waals surface area contributed by atoms with Crippen LogP contribution in [0.3, 0.4) is 0 Å². The summed E-state index contributed by atoms with van der Waals surface area (Å²) in [7, 11) is 0. The summed E-state index contributed by atoms with van der Waals surface area (Å²) in [6.07, 6.45) is 2.65. The average Bonchev–Trinajstić information content (AvgIpc) is 2.48. The number of pyridine rings is 1. The summed E-state index contributed by atoms with van der Waals surface area (Å²) in [5.41, 5.74) is -0.327. The van der Waals surface area contributed by atoms with Crippen LogP contribution >= 0.6 is 0 Å². The van der Waals surface area contributed by atoms with Gasteiger partial charge in [0.15, 0.2) is 0 Å². The van der Waals surface area contributed by atoms with Crippen LogP contribution in [-0.4, -0.2) is 16.4 Å². The molecule has 68 valence electrons. The topological polar surface area (TPSA) is 17.3 Å². The third-order valence-electron chi connectivity index (χ3n) is 1.80. The van der Waals surface area contributed by atoms with E-state index < -0.39 is 12.6 Å². The van der Waals surface area contributed by atoms with Gasteiger partial charge in [-0.15, -0.1) is 0 Å². The van der Waals surface area contributed by atoms with Crippen LogP contribution in [0.15, 0.2) is 30.6 Å².